The maximum absolute atomic E-state index is 5.14. The summed E-state index contributed by atoms with van der Waals surface area (Å²) in [7, 11) is 4.14. The molecular formula is C24H23N3. The molecule has 0 bridgehead atoms. The summed E-state index contributed by atoms with van der Waals surface area (Å²) in [5.74, 6) is 0. The molecule has 4 atom stereocenters. The van der Waals surface area contributed by atoms with Crippen molar-refractivity contribution < 1.29 is 0 Å². The smallest absolute Gasteiger partial charge is 0.129 e. The minimum absolute atomic E-state index is 0.0895. The van der Waals surface area contributed by atoms with Gasteiger partial charge < -0.3 is 4.90 Å². The van der Waals surface area contributed by atoms with Crippen LogP contribution in [0.1, 0.15) is 28.9 Å². The second kappa shape index (κ2) is 6.36. The number of anilines is 1. The van der Waals surface area contributed by atoms with Gasteiger partial charge >= 0.3 is 0 Å². The number of aliphatic imine (C=N–C) groups is 1. The summed E-state index contributed by atoms with van der Waals surface area (Å²) in [6.45, 7) is 0. The summed E-state index contributed by atoms with van der Waals surface area (Å²) in [4.78, 5) is 9.80. The molecule has 27 heavy (non-hydrogen) atoms. The number of fused-ring (bicyclic) bond motifs is 1. The minimum atomic E-state index is 0.0895. The van der Waals surface area contributed by atoms with Crippen molar-refractivity contribution in [3.05, 3.63) is 102 Å². The lowest BCUT2D eigenvalue weighted by molar-refractivity contribution is 0.404. The van der Waals surface area contributed by atoms with Crippen molar-refractivity contribution in [2.45, 2.75) is 18.2 Å². The van der Waals surface area contributed by atoms with E-state index in [9.17, 15) is 0 Å². The number of rotatable bonds is 4. The van der Waals surface area contributed by atoms with Crippen LogP contribution < -0.4 is 4.90 Å². The molecule has 1 saturated heterocycles. The van der Waals surface area contributed by atoms with Gasteiger partial charge in [-0.15, -0.1) is 0 Å². The van der Waals surface area contributed by atoms with Crippen LogP contribution in [0.4, 0.5) is 5.69 Å². The van der Waals surface area contributed by atoms with E-state index in [1.807, 2.05) is 0 Å². The second-order valence-electron chi connectivity index (χ2n) is 7.49. The first kappa shape index (κ1) is 16.3. The Balaban J connectivity index is 1.53. The van der Waals surface area contributed by atoms with Crippen LogP contribution in [0.3, 0.4) is 0 Å². The molecule has 3 nitrogen and oxygen atoms in total. The van der Waals surface area contributed by atoms with E-state index in [0.717, 1.165) is 0 Å². The third-order valence-corrected chi connectivity index (χ3v) is 5.59. The molecule has 1 fully saturated rings. The third kappa shape index (κ3) is 2.75. The molecule has 0 aliphatic carbocycles. The van der Waals surface area contributed by atoms with E-state index in [4.69, 9.17) is 4.99 Å². The zero-order chi connectivity index (χ0) is 18.4. The van der Waals surface area contributed by atoms with Gasteiger partial charge in [0.2, 0.25) is 0 Å². The predicted molar refractivity (Wildman–Crippen MR) is 111 cm³/mol. The maximum Gasteiger partial charge on any atom is 0.129 e. The SMILES string of the molecule is CN(C)c1ccc(C2N=C(c3ccccc3)C3C(c4ccccc4)N23)cc1. The Morgan fingerprint density at radius 1 is 0.704 bits per heavy atom. The lowest BCUT2D eigenvalue weighted by Gasteiger charge is -2.17. The lowest BCUT2D eigenvalue weighted by Crippen LogP contribution is -2.10. The molecule has 3 heteroatoms. The van der Waals surface area contributed by atoms with Crippen LogP contribution in [0.2, 0.25) is 0 Å². The minimum Gasteiger partial charge on any atom is -0.378 e. The zero-order valence-corrected chi connectivity index (χ0v) is 15.7. The average Bonchev–Trinajstić information content (AvgIpc) is 3.33. The van der Waals surface area contributed by atoms with Gasteiger partial charge in [-0.3, -0.25) is 9.89 Å². The highest BCUT2D eigenvalue weighted by Gasteiger charge is 2.59. The monoisotopic (exact) mass is 353 g/mol. The fourth-order valence-electron chi connectivity index (χ4n) is 4.17. The number of benzene rings is 3. The van der Waals surface area contributed by atoms with Crippen LogP contribution in [0.5, 0.6) is 0 Å². The highest BCUT2D eigenvalue weighted by atomic mass is 15.5. The van der Waals surface area contributed by atoms with E-state index in [1.54, 1.807) is 0 Å². The quantitative estimate of drug-likeness (QED) is 0.634. The van der Waals surface area contributed by atoms with Gasteiger partial charge in [0.25, 0.3) is 0 Å². The highest BCUT2D eigenvalue weighted by Crippen LogP contribution is 2.55. The molecule has 0 radical (unpaired) electrons. The van der Waals surface area contributed by atoms with Crippen LogP contribution >= 0.6 is 0 Å². The van der Waals surface area contributed by atoms with Crippen molar-refractivity contribution in [3.8, 4) is 0 Å². The van der Waals surface area contributed by atoms with Gasteiger partial charge in [0.1, 0.15) is 6.17 Å². The standard InChI is InChI=1S/C24H23N3/c1-26(2)20-15-13-19(14-16-20)24-25-21(17-9-5-3-6-10-17)23-22(27(23)24)18-11-7-4-8-12-18/h3-16,22-24H,1-2H3. The summed E-state index contributed by atoms with van der Waals surface area (Å²) in [5, 5.41) is 0. The Morgan fingerprint density at radius 2 is 1.33 bits per heavy atom. The lowest BCUT2D eigenvalue weighted by atomic mass is 10.0. The predicted octanol–water partition coefficient (Wildman–Crippen LogP) is 4.68. The average molecular weight is 353 g/mol. The normalized spacial score (nSPS) is 25.6. The first-order chi connectivity index (χ1) is 13.2. The van der Waals surface area contributed by atoms with Gasteiger partial charge in [-0.2, -0.15) is 0 Å². The third-order valence-electron chi connectivity index (χ3n) is 5.59. The molecule has 3 aromatic carbocycles. The van der Waals surface area contributed by atoms with E-state index in [2.05, 4.69) is 109 Å². The van der Waals surface area contributed by atoms with E-state index in [0.29, 0.717) is 12.1 Å². The molecule has 5 rings (SSSR count). The first-order valence-corrected chi connectivity index (χ1v) is 9.47. The molecule has 2 aliphatic rings. The molecule has 0 amide bonds. The summed E-state index contributed by atoms with van der Waals surface area (Å²) >= 11 is 0. The Kier molecular flexibility index (Phi) is 3.83. The van der Waals surface area contributed by atoms with Crippen LogP contribution in [0.15, 0.2) is 89.9 Å². The molecule has 0 aromatic heterocycles. The van der Waals surface area contributed by atoms with Crippen molar-refractivity contribution in [1.29, 1.82) is 0 Å². The molecule has 0 spiro atoms. The Bertz CT molecular complexity index is 962. The summed E-state index contributed by atoms with van der Waals surface area (Å²) in [5.41, 5.74) is 6.30. The second-order valence-corrected chi connectivity index (χ2v) is 7.49. The fraction of sp³-hybridized carbons (Fsp3) is 0.208. The van der Waals surface area contributed by atoms with Crippen molar-refractivity contribution in [2.75, 3.05) is 19.0 Å². The Hall–Kier alpha value is -2.91. The zero-order valence-electron chi connectivity index (χ0n) is 15.7. The molecule has 2 aliphatic heterocycles. The van der Waals surface area contributed by atoms with Gasteiger partial charge in [0.05, 0.1) is 17.8 Å². The first-order valence-electron chi connectivity index (χ1n) is 9.47. The van der Waals surface area contributed by atoms with E-state index < -0.39 is 0 Å². The van der Waals surface area contributed by atoms with Crippen molar-refractivity contribution >= 4 is 11.4 Å². The summed E-state index contributed by atoms with van der Waals surface area (Å²) in [6, 6.07) is 31.0. The van der Waals surface area contributed by atoms with Crippen LogP contribution in [-0.2, 0) is 0 Å². The summed E-state index contributed by atoms with van der Waals surface area (Å²) < 4.78 is 0. The Morgan fingerprint density at radius 3 is 1.96 bits per heavy atom. The molecule has 2 heterocycles. The van der Waals surface area contributed by atoms with Crippen molar-refractivity contribution in [2.24, 2.45) is 4.99 Å². The fourth-order valence-corrected chi connectivity index (χ4v) is 4.17. The van der Waals surface area contributed by atoms with Crippen molar-refractivity contribution in [3.63, 3.8) is 0 Å². The molecule has 3 aromatic rings. The van der Waals surface area contributed by atoms with E-state index in [-0.39, 0.29) is 6.17 Å². The highest BCUT2D eigenvalue weighted by molar-refractivity contribution is 6.08. The Labute approximate surface area is 160 Å². The van der Waals surface area contributed by atoms with E-state index >= 15 is 0 Å². The van der Waals surface area contributed by atoms with Crippen LogP contribution in [0, 0.1) is 0 Å². The summed E-state index contributed by atoms with van der Waals surface area (Å²) in [6.07, 6.45) is 0.0895. The van der Waals surface area contributed by atoms with Crippen LogP contribution in [-0.4, -0.2) is 30.7 Å². The maximum atomic E-state index is 5.14. The largest absolute Gasteiger partial charge is 0.378 e. The van der Waals surface area contributed by atoms with Crippen LogP contribution in [0.25, 0.3) is 0 Å². The number of hydrogen-bond donors (Lipinski definition) is 0. The topological polar surface area (TPSA) is 18.6 Å². The van der Waals surface area contributed by atoms with E-state index in [1.165, 1.54) is 28.1 Å². The van der Waals surface area contributed by atoms with Crippen molar-refractivity contribution in [1.82, 2.24) is 4.90 Å². The number of hydrogen-bond acceptors (Lipinski definition) is 3. The molecule has 134 valence electrons. The number of nitrogens with zero attached hydrogens (tertiary/aromatic N) is 3. The van der Waals surface area contributed by atoms with Gasteiger partial charge in [-0.05, 0) is 28.8 Å². The van der Waals surface area contributed by atoms with Gasteiger partial charge in [0, 0.05) is 19.8 Å². The molecule has 4 unspecified atom stereocenters. The molecule has 0 N–H and O–H groups in total. The van der Waals surface area contributed by atoms with Gasteiger partial charge in [-0.1, -0.05) is 72.8 Å². The van der Waals surface area contributed by atoms with Gasteiger partial charge in [-0.25, -0.2) is 0 Å². The molecular weight excluding hydrogens is 330 g/mol. The van der Waals surface area contributed by atoms with Gasteiger partial charge in [0.15, 0.2) is 0 Å². The molecule has 0 saturated carbocycles.